The SMILES string of the molecule is CCN(Cc1ccc(C(F)(F)C(F)(F)F)cc1F)C(=O)C(N)=O.O=C(Cl)C(=O)OCC(F)(F)F. The third-order valence-corrected chi connectivity index (χ3v) is 3.69. The van der Waals surface area contributed by atoms with Gasteiger partial charge in [0.05, 0.1) is 0 Å². The van der Waals surface area contributed by atoms with Gasteiger partial charge in [0, 0.05) is 24.2 Å². The number of benzene rings is 1. The van der Waals surface area contributed by atoms with Crippen LogP contribution in [0.2, 0.25) is 0 Å². The molecule has 0 radical (unpaired) electrons. The van der Waals surface area contributed by atoms with Gasteiger partial charge in [0.15, 0.2) is 6.61 Å². The summed E-state index contributed by atoms with van der Waals surface area (Å²) in [5, 5.41) is -1.57. The summed E-state index contributed by atoms with van der Waals surface area (Å²) < 4.78 is 114. The van der Waals surface area contributed by atoms with E-state index in [1.54, 1.807) is 0 Å². The van der Waals surface area contributed by atoms with Gasteiger partial charge in [0.25, 0.3) is 0 Å². The standard InChI is InChI=1S/C13H12F6N2O2.C4H2ClF3O3/c1-2-21(11(23)10(20)22)6-7-3-4-8(5-9(7)14)12(15,16)13(17,18)19;5-2(9)3(10)11-1-4(6,7)8/h3-5H,2,6H2,1H3,(H2,20,22);1H2. The first-order valence-corrected chi connectivity index (χ1v) is 8.87. The highest BCUT2D eigenvalue weighted by Gasteiger charge is 2.58. The zero-order valence-corrected chi connectivity index (χ0v) is 17.5. The number of nitrogens with two attached hydrogens (primary N) is 1. The Morgan fingerprint density at radius 3 is 1.91 bits per heavy atom. The number of primary amides is 1. The molecule has 0 fully saturated rings. The molecule has 0 unspecified atom stereocenters. The summed E-state index contributed by atoms with van der Waals surface area (Å²) in [5.74, 6) is -10.7. The maximum atomic E-state index is 13.8. The van der Waals surface area contributed by atoms with Crippen molar-refractivity contribution in [3.8, 4) is 0 Å². The van der Waals surface area contributed by atoms with Gasteiger partial charge in [-0.25, -0.2) is 9.18 Å². The van der Waals surface area contributed by atoms with Gasteiger partial charge in [-0.3, -0.25) is 14.4 Å². The van der Waals surface area contributed by atoms with Crippen LogP contribution < -0.4 is 5.73 Å². The van der Waals surface area contributed by atoms with Gasteiger partial charge in [0.1, 0.15) is 5.82 Å². The number of esters is 1. The second-order valence-corrected chi connectivity index (χ2v) is 6.37. The third-order valence-electron chi connectivity index (χ3n) is 3.54. The van der Waals surface area contributed by atoms with Crippen LogP contribution in [-0.4, -0.2) is 53.4 Å². The molecule has 2 amide bonds. The van der Waals surface area contributed by atoms with Crippen molar-refractivity contribution in [2.75, 3.05) is 13.2 Å². The predicted octanol–water partition coefficient (Wildman–Crippen LogP) is 3.17. The number of hydrogen-bond acceptors (Lipinski definition) is 5. The molecule has 0 saturated carbocycles. The molecular formula is C17H14ClF9N2O5. The fraction of sp³-hybridized carbons (Fsp3) is 0.412. The number of carbonyl (C=O) groups is 4. The fourth-order valence-electron chi connectivity index (χ4n) is 1.93. The highest BCUT2D eigenvalue weighted by Crippen LogP contribution is 2.44. The number of likely N-dealkylation sites (N-methyl/N-ethyl adjacent to an activating group) is 1. The van der Waals surface area contributed by atoms with Crippen LogP contribution in [0, 0.1) is 5.82 Å². The fourth-order valence-corrected chi connectivity index (χ4v) is 1.98. The number of carbonyl (C=O) groups excluding carboxylic acids is 4. The molecule has 34 heavy (non-hydrogen) atoms. The lowest BCUT2D eigenvalue weighted by Crippen LogP contribution is -2.40. The smallest absolute Gasteiger partial charge is 0.449 e. The molecule has 0 aliphatic rings. The summed E-state index contributed by atoms with van der Waals surface area (Å²) in [6.07, 6.45) is -10.5. The van der Waals surface area contributed by atoms with Crippen LogP contribution >= 0.6 is 11.6 Å². The molecule has 0 heterocycles. The van der Waals surface area contributed by atoms with Crippen molar-refractivity contribution in [2.24, 2.45) is 5.73 Å². The zero-order chi connectivity index (χ0) is 27.1. The van der Waals surface area contributed by atoms with Crippen molar-refractivity contribution in [1.82, 2.24) is 4.90 Å². The monoisotopic (exact) mass is 532 g/mol. The first-order valence-electron chi connectivity index (χ1n) is 8.50. The van der Waals surface area contributed by atoms with E-state index >= 15 is 0 Å². The Labute approximate surface area is 189 Å². The van der Waals surface area contributed by atoms with Gasteiger partial charge in [-0.05, 0) is 24.6 Å². The Morgan fingerprint density at radius 1 is 1.03 bits per heavy atom. The van der Waals surface area contributed by atoms with E-state index in [1.807, 2.05) is 0 Å². The van der Waals surface area contributed by atoms with Gasteiger partial charge in [-0.1, -0.05) is 12.1 Å². The second kappa shape index (κ2) is 11.9. The van der Waals surface area contributed by atoms with Crippen molar-refractivity contribution < 1.29 is 63.4 Å². The molecule has 0 atom stereocenters. The maximum absolute atomic E-state index is 13.8. The van der Waals surface area contributed by atoms with Gasteiger partial charge >= 0.3 is 41.3 Å². The molecule has 0 aromatic heterocycles. The molecular weight excluding hydrogens is 519 g/mol. The Morgan fingerprint density at radius 2 is 1.56 bits per heavy atom. The molecule has 1 rings (SSSR count). The van der Waals surface area contributed by atoms with Crippen LogP contribution in [0.3, 0.4) is 0 Å². The first-order chi connectivity index (χ1) is 15.2. The number of hydrogen-bond donors (Lipinski definition) is 1. The van der Waals surface area contributed by atoms with Gasteiger partial charge in [-0.2, -0.15) is 35.1 Å². The van der Waals surface area contributed by atoms with E-state index in [0.29, 0.717) is 12.1 Å². The molecule has 17 heteroatoms. The molecule has 0 aliphatic heterocycles. The van der Waals surface area contributed by atoms with Gasteiger partial charge < -0.3 is 15.4 Å². The molecule has 2 N–H and O–H groups in total. The molecule has 0 aliphatic carbocycles. The average molecular weight is 533 g/mol. The predicted molar refractivity (Wildman–Crippen MR) is 94.5 cm³/mol. The minimum atomic E-state index is -5.86. The number of rotatable bonds is 6. The minimum Gasteiger partial charge on any atom is -0.449 e. The Kier molecular flexibility index (Phi) is 10.8. The average Bonchev–Trinajstić information content (AvgIpc) is 2.69. The van der Waals surface area contributed by atoms with Crippen molar-refractivity contribution in [2.45, 2.75) is 31.7 Å². The highest BCUT2D eigenvalue weighted by molar-refractivity contribution is 6.80. The summed E-state index contributed by atoms with van der Waals surface area (Å²) in [6.45, 7) is -0.890. The Balaban J connectivity index is 0.000000833. The van der Waals surface area contributed by atoms with Crippen LogP contribution in [0.4, 0.5) is 39.5 Å². The Hall–Kier alpha value is -3.04. The van der Waals surface area contributed by atoms with Crippen molar-refractivity contribution in [3.05, 3.63) is 35.1 Å². The lowest BCUT2D eigenvalue weighted by atomic mass is 10.0. The molecule has 0 spiro atoms. The summed E-state index contributed by atoms with van der Waals surface area (Å²) >= 11 is 4.48. The summed E-state index contributed by atoms with van der Waals surface area (Å²) in [4.78, 5) is 42.8. The molecule has 1 aromatic carbocycles. The van der Waals surface area contributed by atoms with E-state index < -0.39 is 65.8 Å². The molecule has 1 aromatic rings. The first kappa shape index (κ1) is 31.0. The van der Waals surface area contributed by atoms with Crippen LogP contribution in [-0.2, 0) is 36.4 Å². The van der Waals surface area contributed by atoms with E-state index in [9.17, 15) is 58.7 Å². The largest absolute Gasteiger partial charge is 0.458 e. The number of amides is 2. The summed E-state index contributed by atoms with van der Waals surface area (Å²) in [6, 6.07) is 1.15. The summed E-state index contributed by atoms with van der Waals surface area (Å²) in [7, 11) is 0. The highest BCUT2D eigenvalue weighted by atomic mass is 35.5. The number of ether oxygens (including phenoxy) is 1. The van der Waals surface area contributed by atoms with Gasteiger partial charge in [-0.15, -0.1) is 0 Å². The summed E-state index contributed by atoms with van der Waals surface area (Å²) in [5.41, 5.74) is 2.90. The molecule has 192 valence electrons. The normalized spacial score (nSPS) is 11.7. The van der Waals surface area contributed by atoms with Crippen LogP contribution in [0.5, 0.6) is 0 Å². The number of nitrogens with zero attached hydrogens (tertiary/aromatic N) is 1. The second-order valence-electron chi connectivity index (χ2n) is 6.03. The van der Waals surface area contributed by atoms with Crippen molar-refractivity contribution in [1.29, 1.82) is 0 Å². The van der Waals surface area contributed by atoms with Crippen LogP contribution in [0.1, 0.15) is 18.1 Å². The van der Waals surface area contributed by atoms with Crippen LogP contribution in [0.15, 0.2) is 18.2 Å². The Bertz CT molecular complexity index is 920. The molecule has 7 nitrogen and oxygen atoms in total. The lowest BCUT2D eigenvalue weighted by molar-refractivity contribution is -0.289. The topological polar surface area (TPSA) is 107 Å². The minimum absolute atomic E-state index is 0.0400. The number of alkyl halides is 8. The van der Waals surface area contributed by atoms with Crippen molar-refractivity contribution >= 4 is 34.6 Å². The van der Waals surface area contributed by atoms with E-state index in [1.165, 1.54) is 6.92 Å². The van der Waals surface area contributed by atoms with Crippen LogP contribution in [0.25, 0.3) is 0 Å². The quantitative estimate of drug-likeness (QED) is 0.262. The van der Waals surface area contributed by atoms with E-state index in [4.69, 9.17) is 5.73 Å². The third kappa shape index (κ3) is 9.44. The van der Waals surface area contributed by atoms with E-state index in [-0.39, 0.29) is 18.2 Å². The zero-order valence-electron chi connectivity index (χ0n) is 16.7. The number of halogens is 10. The molecule has 0 saturated heterocycles. The van der Waals surface area contributed by atoms with E-state index in [0.717, 1.165) is 4.90 Å². The maximum Gasteiger partial charge on any atom is 0.458 e. The van der Waals surface area contributed by atoms with Gasteiger partial charge in [0.2, 0.25) is 0 Å². The van der Waals surface area contributed by atoms with E-state index in [2.05, 4.69) is 16.3 Å². The molecule has 0 bridgehead atoms. The van der Waals surface area contributed by atoms with Crippen molar-refractivity contribution in [3.63, 3.8) is 0 Å². The lowest BCUT2D eigenvalue weighted by Gasteiger charge is -2.22.